The zero-order valence-corrected chi connectivity index (χ0v) is 40.4. The number of esters is 1. The quantitative estimate of drug-likeness (QED) is 0.0197. The summed E-state index contributed by atoms with van der Waals surface area (Å²) in [5.41, 5.74) is 0. The summed E-state index contributed by atoms with van der Waals surface area (Å²) < 4.78 is 59.2. The maximum Gasteiger partial charge on any atom is 0.397 e. The number of hydrogen-bond donors (Lipinski definition) is 4. The molecule has 1 fully saturated rings. The van der Waals surface area contributed by atoms with Gasteiger partial charge in [-0.15, -0.1) is 0 Å². The van der Waals surface area contributed by atoms with E-state index >= 15 is 0 Å². The van der Waals surface area contributed by atoms with E-state index in [2.05, 4.69) is 90.9 Å². The summed E-state index contributed by atoms with van der Waals surface area (Å²) in [4.78, 5) is 12.9. The summed E-state index contributed by atoms with van der Waals surface area (Å²) in [5.74, 6) is -0.417. The highest BCUT2D eigenvalue weighted by molar-refractivity contribution is 7.80. The number of carbonyl (C=O) groups excluding carboxylic acids is 1. The Kier molecular flexibility index (Phi) is 39.0. The second kappa shape index (κ2) is 41.9. The van der Waals surface area contributed by atoms with E-state index in [9.17, 15) is 33.1 Å². The maximum absolute atomic E-state index is 12.9. The minimum atomic E-state index is -5.07. The van der Waals surface area contributed by atoms with E-state index in [0.717, 1.165) is 96.3 Å². The number of aliphatic hydroxyl groups excluding tert-OH is 3. The number of unbranched alkanes of at least 4 members (excludes halogenated alkanes) is 17. The van der Waals surface area contributed by atoms with Crippen LogP contribution in [0.4, 0.5) is 0 Å². The van der Waals surface area contributed by atoms with E-state index in [1.807, 2.05) is 0 Å². The van der Waals surface area contributed by atoms with Crippen LogP contribution in [0.5, 0.6) is 0 Å². The lowest BCUT2D eigenvalue weighted by Gasteiger charge is -2.41. The zero-order valence-electron chi connectivity index (χ0n) is 39.6. The first-order chi connectivity index (χ1) is 31.1. The van der Waals surface area contributed by atoms with Crippen molar-refractivity contribution in [1.29, 1.82) is 0 Å². The van der Waals surface area contributed by atoms with Gasteiger partial charge in [0, 0.05) is 13.0 Å². The molecule has 1 heterocycles. The molecular formula is C51H88O12S. The Labute approximate surface area is 388 Å². The Bertz CT molecular complexity index is 1390. The molecule has 64 heavy (non-hydrogen) atoms. The number of hydrogen-bond acceptors (Lipinski definition) is 11. The van der Waals surface area contributed by atoms with Gasteiger partial charge in [-0.05, 0) is 83.5 Å². The van der Waals surface area contributed by atoms with Gasteiger partial charge < -0.3 is 34.3 Å². The highest BCUT2D eigenvalue weighted by Crippen LogP contribution is 2.26. The summed E-state index contributed by atoms with van der Waals surface area (Å²) in [6, 6.07) is 0. The van der Waals surface area contributed by atoms with Crippen molar-refractivity contribution >= 4 is 16.4 Å². The van der Waals surface area contributed by atoms with Crippen LogP contribution in [0.3, 0.4) is 0 Å². The van der Waals surface area contributed by atoms with Crippen molar-refractivity contribution in [2.24, 2.45) is 0 Å². The molecule has 1 aliphatic heterocycles. The molecule has 4 N–H and O–H groups in total. The molecule has 0 aliphatic carbocycles. The number of ether oxygens (including phenoxy) is 4. The molecule has 12 nitrogen and oxygen atoms in total. The van der Waals surface area contributed by atoms with Gasteiger partial charge in [0.2, 0.25) is 0 Å². The number of rotatable bonds is 42. The molecule has 0 spiro atoms. The highest BCUT2D eigenvalue weighted by atomic mass is 32.3. The van der Waals surface area contributed by atoms with Gasteiger partial charge in [0.15, 0.2) is 6.29 Å². The lowest BCUT2D eigenvalue weighted by Crippen LogP contribution is -2.60. The first-order valence-corrected chi connectivity index (χ1v) is 26.1. The Hall–Kier alpha value is -2.46. The molecule has 1 saturated heterocycles. The van der Waals surface area contributed by atoms with Gasteiger partial charge in [-0.25, -0.2) is 4.18 Å². The average Bonchev–Trinajstić information content (AvgIpc) is 3.27. The second-order valence-electron chi connectivity index (χ2n) is 16.7. The molecule has 0 saturated carbocycles. The number of allylic oxidation sites excluding steroid dienone is 12. The molecular weight excluding hydrogens is 837 g/mol. The molecule has 0 bridgehead atoms. The summed E-state index contributed by atoms with van der Waals surface area (Å²) >= 11 is 0. The second-order valence-corrected chi connectivity index (χ2v) is 17.7. The molecule has 6 atom stereocenters. The smallest absolute Gasteiger partial charge is 0.397 e. The van der Waals surface area contributed by atoms with Crippen LogP contribution in [-0.2, 0) is 38.3 Å². The predicted molar refractivity (Wildman–Crippen MR) is 257 cm³/mol. The molecule has 0 aromatic carbocycles. The fourth-order valence-corrected chi connectivity index (χ4v) is 7.61. The maximum atomic E-state index is 12.9. The molecule has 0 amide bonds. The largest absolute Gasteiger partial charge is 0.457 e. The van der Waals surface area contributed by atoms with E-state index in [-0.39, 0.29) is 19.6 Å². The monoisotopic (exact) mass is 925 g/mol. The van der Waals surface area contributed by atoms with Gasteiger partial charge in [-0.1, -0.05) is 164 Å². The minimum Gasteiger partial charge on any atom is -0.457 e. The van der Waals surface area contributed by atoms with Crippen LogP contribution in [0.15, 0.2) is 72.9 Å². The van der Waals surface area contributed by atoms with Crippen molar-refractivity contribution in [3.8, 4) is 0 Å². The lowest BCUT2D eigenvalue weighted by molar-refractivity contribution is -0.301. The highest BCUT2D eigenvalue weighted by Gasteiger charge is 2.48. The van der Waals surface area contributed by atoms with Crippen LogP contribution in [0, 0.1) is 0 Å². The molecule has 0 aromatic rings. The van der Waals surface area contributed by atoms with Crippen molar-refractivity contribution in [3.63, 3.8) is 0 Å². The van der Waals surface area contributed by atoms with E-state index in [1.54, 1.807) is 0 Å². The third-order valence-corrected chi connectivity index (χ3v) is 11.3. The van der Waals surface area contributed by atoms with Crippen LogP contribution in [0.1, 0.15) is 181 Å². The van der Waals surface area contributed by atoms with Crippen LogP contribution in [-0.4, -0.2) is 97.5 Å². The Morgan fingerprint density at radius 2 is 1.08 bits per heavy atom. The van der Waals surface area contributed by atoms with Gasteiger partial charge in [0.25, 0.3) is 0 Å². The molecule has 370 valence electrons. The van der Waals surface area contributed by atoms with E-state index in [4.69, 9.17) is 18.9 Å². The first-order valence-electron chi connectivity index (χ1n) is 24.7. The molecule has 0 aromatic heterocycles. The number of carbonyl (C=O) groups is 1. The van der Waals surface area contributed by atoms with Crippen molar-refractivity contribution in [1.82, 2.24) is 0 Å². The first kappa shape index (κ1) is 59.6. The van der Waals surface area contributed by atoms with Gasteiger partial charge in [0.1, 0.15) is 30.5 Å². The third kappa shape index (κ3) is 34.8. The molecule has 0 radical (unpaired) electrons. The van der Waals surface area contributed by atoms with Crippen molar-refractivity contribution < 1.29 is 56.2 Å². The van der Waals surface area contributed by atoms with E-state index < -0.39 is 59.8 Å². The van der Waals surface area contributed by atoms with Crippen LogP contribution in [0.2, 0.25) is 0 Å². The fraction of sp³-hybridized carbons (Fsp3) is 0.745. The van der Waals surface area contributed by atoms with Crippen molar-refractivity contribution in [2.75, 3.05) is 26.4 Å². The van der Waals surface area contributed by atoms with Crippen molar-refractivity contribution in [2.45, 2.75) is 218 Å². The van der Waals surface area contributed by atoms with Gasteiger partial charge >= 0.3 is 16.4 Å². The standard InChI is InChI=1S/C51H88O12S/c1-3-5-7-9-11-13-15-17-19-21-23-24-26-28-30-32-34-36-38-40-47(53)61-45(44-60-51-49(55)50(63-64(56,57)58)48(54)46(42-52)62-51)43-59-41-39-37-35-33-31-29-27-25-22-20-18-16-14-12-10-8-6-4-2/h5,7,11-14,17-20,23-24,45-46,48-52,54-55H,3-4,6,8-10,15-16,21-22,25-44H2,1-2H3,(H,56,57,58)/b7-5-,13-11-,14-12-,19-17-,20-18-,24-23-. The summed E-state index contributed by atoms with van der Waals surface area (Å²) in [6.07, 6.45) is 44.9. The normalized spacial score (nSPS) is 20.4. The van der Waals surface area contributed by atoms with Gasteiger partial charge in [0.05, 0.1) is 19.8 Å². The predicted octanol–water partition coefficient (Wildman–Crippen LogP) is 11.1. The van der Waals surface area contributed by atoms with Gasteiger partial charge in [-0.2, -0.15) is 8.42 Å². The summed E-state index contributed by atoms with van der Waals surface area (Å²) in [7, 11) is -5.07. The molecule has 1 rings (SSSR count). The zero-order chi connectivity index (χ0) is 46.8. The third-order valence-electron chi connectivity index (χ3n) is 10.8. The van der Waals surface area contributed by atoms with Crippen molar-refractivity contribution in [3.05, 3.63) is 72.9 Å². The Balaban J connectivity index is 2.41. The molecule has 13 heteroatoms. The average molecular weight is 925 g/mol. The SMILES string of the molecule is CC/C=C\C/C=C\C/C=C\C/C=C\CCCCCCCCC(=O)OC(COCCCCCCCCCC/C=C\C/C=C\CCCCC)COC1OC(CO)C(O)C(OS(=O)(=O)O)C1O. The van der Waals surface area contributed by atoms with E-state index in [1.165, 1.54) is 57.8 Å². The Morgan fingerprint density at radius 1 is 0.609 bits per heavy atom. The van der Waals surface area contributed by atoms with E-state index in [0.29, 0.717) is 13.0 Å². The van der Waals surface area contributed by atoms with Crippen LogP contribution >= 0.6 is 0 Å². The number of aliphatic hydroxyl groups is 3. The molecule has 1 aliphatic rings. The fourth-order valence-electron chi connectivity index (χ4n) is 7.10. The molecule has 6 unspecified atom stereocenters. The summed E-state index contributed by atoms with van der Waals surface area (Å²) in [5, 5.41) is 30.7. The summed E-state index contributed by atoms with van der Waals surface area (Å²) in [6.45, 7) is 3.82. The topological polar surface area (TPSA) is 178 Å². The Morgan fingerprint density at radius 3 is 1.58 bits per heavy atom. The van der Waals surface area contributed by atoms with Crippen LogP contribution < -0.4 is 0 Å². The lowest BCUT2D eigenvalue weighted by atomic mass is 9.99. The minimum absolute atomic E-state index is 0.0223. The van der Waals surface area contributed by atoms with Gasteiger partial charge in [-0.3, -0.25) is 9.35 Å². The van der Waals surface area contributed by atoms with Crippen LogP contribution in [0.25, 0.3) is 0 Å².